The number of nitrogens with zero attached hydrogens (tertiary/aromatic N) is 1. The molecule has 3 N–H and O–H groups in total. The number of aliphatic hydroxyl groups is 1. The summed E-state index contributed by atoms with van der Waals surface area (Å²) in [6.07, 6.45) is 1.58. The lowest BCUT2D eigenvalue weighted by Crippen LogP contribution is -2.21. The van der Waals surface area contributed by atoms with Crippen molar-refractivity contribution in [1.82, 2.24) is 0 Å². The first-order valence-corrected chi connectivity index (χ1v) is 6.09. The standard InChI is InChI=1S/C12H19BN2O2/c14-9-17-13-7-10-1-3-11(4-2-10)15-6-5-12(16)8-15/h1-4,12-13,16H,5-9,14H2/t12-/m0/s1. The van der Waals surface area contributed by atoms with Crippen molar-refractivity contribution in [3.63, 3.8) is 0 Å². The van der Waals surface area contributed by atoms with E-state index in [1.54, 1.807) is 0 Å². The van der Waals surface area contributed by atoms with Gasteiger partial charge in [0.2, 0.25) is 0 Å². The van der Waals surface area contributed by atoms with Gasteiger partial charge in [0.05, 0.1) is 12.8 Å². The number of hydrogen-bond donors (Lipinski definition) is 2. The van der Waals surface area contributed by atoms with Crippen LogP contribution < -0.4 is 10.6 Å². The van der Waals surface area contributed by atoms with E-state index >= 15 is 0 Å². The largest absolute Gasteiger partial charge is 0.427 e. The number of hydrogen-bond acceptors (Lipinski definition) is 4. The van der Waals surface area contributed by atoms with Gasteiger partial charge in [-0.15, -0.1) is 0 Å². The van der Waals surface area contributed by atoms with Crippen molar-refractivity contribution in [2.75, 3.05) is 24.7 Å². The van der Waals surface area contributed by atoms with Crippen LogP contribution in [0.1, 0.15) is 12.0 Å². The Morgan fingerprint density at radius 3 is 2.76 bits per heavy atom. The molecule has 0 unspecified atom stereocenters. The van der Waals surface area contributed by atoms with Gasteiger partial charge in [-0.05, 0) is 24.9 Å². The molecule has 0 bridgehead atoms. The lowest BCUT2D eigenvalue weighted by atomic mass is 9.89. The fourth-order valence-corrected chi connectivity index (χ4v) is 2.12. The van der Waals surface area contributed by atoms with Crippen LogP contribution in [0, 0.1) is 0 Å². The van der Waals surface area contributed by atoms with Crippen molar-refractivity contribution in [2.24, 2.45) is 5.73 Å². The highest BCUT2D eigenvalue weighted by Gasteiger charge is 2.19. The van der Waals surface area contributed by atoms with Crippen LogP contribution in [-0.2, 0) is 11.0 Å². The monoisotopic (exact) mass is 234 g/mol. The number of aliphatic hydroxyl groups excluding tert-OH is 1. The van der Waals surface area contributed by atoms with Crippen LogP contribution in [0.15, 0.2) is 24.3 Å². The lowest BCUT2D eigenvalue weighted by Gasteiger charge is -2.17. The molecular weight excluding hydrogens is 215 g/mol. The molecule has 4 nitrogen and oxygen atoms in total. The molecule has 1 atom stereocenters. The Morgan fingerprint density at radius 1 is 1.41 bits per heavy atom. The molecule has 0 amide bonds. The summed E-state index contributed by atoms with van der Waals surface area (Å²) in [5.41, 5.74) is 7.70. The van der Waals surface area contributed by atoms with Crippen molar-refractivity contribution in [3.05, 3.63) is 29.8 Å². The molecule has 0 radical (unpaired) electrons. The van der Waals surface area contributed by atoms with E-state index in [0.29, 0.717) is 7.48 Å². The second kappa shape index (κ2) is 6.05. The van der Waals surface area contributed by atoms with Crippen LogP contribution in [0.2, 0.25) is 0 Å². The van der Waals surface area contributed by atoms with Gasteiger partial charge in [0.15, 0.2) is 0 Å². The molecule has 1 aliphatic rings. The molecule has 5 heteroatoms. The second-order valence-corrected chi connectivity index (χ2v) is 4.38. The predicted molar refractivity (Wildman–Crippen MR) is 70.3 cm³/mol. The minimum Gasteiger partial charge on any atom is -0.427 e. The van der Waals surface area contributed by atoms with Gasteiger partial charge in [0.1, 0.15) is 0 Å². The third-order valence-electron chi connectivity index (χ3n) is 3.12. The lowest BCUT2D eigenvalue weighted by molar-refractivity contribution is 0.198. The second-order valence-electron chi connectivity index (χ2n) is 4.38. The van der Waals surface area contributed by atoms with Gasteiger partial charge < -0.3 is 20.4 Å². The predicted octanol–water partition coefficient (Wildman–Crippen LogP) is 0.0419. The zero-order chi connectivity index (χ0) is 12.1. The smallest absolute Gasteiger partial charge is 0.281 e. The van der Waals surface area contributed by atoms with Crippen LogP contribution in [0.3, 0.4) is 0 Å². The fourth-order valence-electron chi connectivity index (χ4n) is 2.12. The maximum atomic E-state index is 9.49. The summed E-state index contributed by atoms with van der Waals surface area (Å²) >= 11 is 0. The summed E-state index contributed by atoms with van der Waals surface area (Å²) in [4.78, 5) is 2.21. The molecule has 1 heterocycles. The van der Waals surface area contributed by atoms with E-state index in [2.05, 4.69) is 29.2 Å². The zero-order valence-electron chi connectivity index (χ0n) is 10.0. The summed E-state index contributed by atoms with van der Waals surface area (Å²) in [5.74, 6) is 0. The van der Waals surface area contributed by atoms with Crippen molar-refractivity contribution < 1.29 is 9.76 Å². The van der Waals surface area contributed by atoms with Gasteiger partial charge >= 0.3 is 0 Å². The fraction of sp³-hybridized carbons (Fsp3) is 0.500. The number of benzene rings is 1. The molecule has 1 fully saturated rings. The Bertz CT molecular complexity index is 345. The normalized spacial score (nSPS) is 19.6. The topological polar surface area (TPSA) is 58.7 Å². The van der Waals surface area contributed by atoms with Crippen LogP contribution in [0.25, 0.3) is 0 Å². The van der Waals surface area contributed by atoms with Gasteiger partial charge in [-0.1, -0.05) is 17.7 Å². The van der Waals surface area contributed by atoms with Crippen LogP contribution in [0.4, 0.5) is 5.69 Å². The van der Waals surface area contributed by atoms with E-state index in [9.17, 15) is 5.11 Å². The number of nitrogens with two attached hydrogens (primary N) is 1. The summed E-state index contributed by atoms with van der Waals surface area (Å²) in [5, 5.41) is 9.49. The Kier molecular flexibility index (Phi) is 4.42. The molecule has 0 aliphatic carbocycles. The molecule has 17 heavy (non-hydrogen) atoms. The zero-order valence-corrected chi connectivity index (χ0v) is 10.0. The van der Waals surface area contributed by atoms with E-state index in [-0.39, 0.29) is 12.8 Å². The molecule has 1 saturated heterocycles. The summed E-state index contributed by atoms with van der Waals surface area (Å²) in [6, 6.07) is 8.44. The van der Waals surface area contributed by atoms with Gasteiger partial charge in [-0.2, -0.15) is 0 Å². The first-order valence-electron chi connectivity index (χ1n) is 6.09. The van der Waals surface area contributed by atoms with Crippen LogP contribution in [-0.4, -0.2) is 38.5 Å². The summed E-state index contributed by atoms with van der Waals surface area (Å²) in [6.45, 7) is 1.97. The molecule has 0 spiro atoms. The molecule has 2 rings (SSSR count). The number of β-amino-alcohol motifs (C(OH)–C–C–N with tert-alkyl or cyclic N) is 1. The Balaban J connectivity index is 1.89. The van der Waals surface area contributed by atoms with E-state index < -0.39 is 0 Å². The first-order chi connectivity index (χ1) is 8.29. The summed E-state index contributed by atoms with van der Waals surface area (Å²) < 4.78 is 5.12. The third-order valence-corrected chi connectivity index (χ3v) is 3.12. The molecule has 1 aromatic rings. The minimum absolute atomic E-state index is 0.173. The quantitative estimate of drug-likeness (QED) is 0.429. The molecule has 0 aromatic heterocycles. The van der Waals surface area contributed by atoms with Gasteiger partial charge in [0.25, 0.3) is 7.48 Å². The van der Waals surface area contributed by atoms with Crippen LogP contribution >= 0.6 is 0 Å². The molecule has 0 saturated carbocycles. The minimum atomic E-state index is -0.173. The van der Waals surface area contributed by atoms with Crippen molar-refractivity contribution >= 4 is 13.2 Å². The van der Waals surface area contributed by atoms with E-state index in [1.165, 1.54) is 11.3 Å². The van der Waals surface area contributed by atoms with E-state index in [0.717, 1.165) is 25.8 Å². The van der Waals surface area contributed by atoms with Gasteiger partial charge in [-0.3, -0.25) is 0 Å². The Hall–Kier alpha value is -1.04. The molecule has 1 aliphatic heterocycles. The maximum Gasteiger partial charge on any atom is 0.281 e. The third kappa shape index (κ3) is 3.46. The van der Waals surface area contributed by atoms with Gasteiger partial charge in [0, 0.05) is 18.8 Å². The van der Waals surface area contributed by atoms with E-state index in [4.69, 9.17) is 10.4 Å². The molecule has 92 valence electrons. The average molecular weight is 234 g/mol. The maximum absolute atomic E-state index is 9.49. The average Bonchev–Trinajstić information content (AvgIpc) is 2.77. The SMILES string of the molecule is NCOBCc1ccc(N2CC[C@H](O)C2)cc1. The summed E-state index contributed by atoms with van der Waals surface area (Å²) in [7, 11) is 0.665. The molecular formula is C12H19BN2O2. The van der Waals surface area contributed by atoms with E-state index in [1.807, 2.05) is 0 Å². The van der Waals surface area contributed by atoms with Crippen LogP contribution in [0.5, 0.6) is 0 Å². The van der Waals surface area contributed by atoms with Crippen molar-refractivity contribution in [1.29, 1.82) is 0 Å². The van der Waals surface area contributed by atoms with Crippen molar-refractivity contribution in [2.45, 2.75) is 18.8 Å². The Morgan fingerprint density at radius 2 is 2.18 bits per heavy atom. The number of anilines is 1. The highest BCUT2D eigenvalue weighted by Crippen LogP contribution is 2.20. The highest BCUT2D eigenvalue weighted by molar-refractivity contribution is 6.26. The Labute approximate surface area is 103 Å². The first kappa shape index (κ1) is 12.4. The highest BCUT2D eigenvalue weighted by atomic mass is 16.4. The van der Waals surface area contributed by atoms with Gasteiger partial charge in [-0.25, -0.2) is 0 Å². The molecule has 1 aromatic carbocycles. The number of rotatable bonds is 5. The van der Waals surface area contributed by atoms with Crippen molar-refractivity contribution in [3.8, 4) is 0 Å².